The zero-order valence-electron chi connectivity index (χ0n) is 45.9. The number of hydrogen-bond donors (Lipinski definition) is 0. The summed E-state index contributed by atoms with van der Waals surface area (Å²) >= 11 is 0. The third-order valence-electron chi connectivity index (χ3n) is 13.7. The second-order valence-electron chi connectivity index (χ2n) is 20.6. The third kappa shape index (κ3) is 54.8. The Balaban J connectivity index is 4.13. The summed E-state index contributed by atoms with van der Waals surface area (Å²) in [5.41, 5.74) is 0. The fraction of sp³-hybridized carbons (Fsp3) is 0.887. The van der Waals surface area contributed by atoms with Crippen LogP contribution in [-0.4, -0.2) is 37.2 Å². The number of rotatable bonds is 56. The molecule has 0 amide bonds. The molecule has 6 nitrogen and oxygen atoms in total. The lowest BCUT2D eigenvalue weighted by molar-refractivity contribution is -0.167. The molecule has 0 radical (unpaired) electrons. The Kier molecular flexibility index (Phi) is 55.7. The fourth-order valence-electron chi connectivity index (χ4n) is 9.12. The van der Waals surface area contributed by atoms with E-state index in [1.54, 1.807) is 0 Å². The van der Waals surface area contributed by atoms with Gasteiger partial charge in [0.25, 0.3) is 0 Å². The summed E-state index contributed by atoms with van der Waals surface area (Å²) in [6.07, 6.45) is 67.7. The third-order valence-corrected chi connectivity index (χ3v) is 13.7. The van der Waals surface area contributed by atoms with Crippen molar-refractivity contribution in [3.05, 3.63) is 24.3 Å². The fourth-order valence-corrected chi connectivity index (χ4v) is 9.12. The zero-order chi connectivity index (χ0) is 49.3. The molecule has 0 aromatic rings. The van der Waals surface area contributed by atoms with E-state index < -0.39 is 6.10 Å². The molecule has 0 aliphatic carbocycles. The lowest BCUT2D eigenvalue weighted by atomic mass is 10.0. The van der Waals surface area contributed by atoms with Gasteiger partial charge in [0.1, 0.15) is 13.2 Å². The molecule has 1 unspecified atom stereocenters. The molecule has 0 aromatic heterocycles. The lowest BCUT2D eigenvalue weighted by Crippen LogP contribution is -2.30. The predicted octanol–water partition coefficient (Wildman–Crippen LogP) is 20.3. The van der Waals surface area contributed by atoms with Crippen LogP contribution in [0, 0.1) is 0 Å². The second-order valence-corrected chi connectivity index (χ2v) is 20.6. The van der Waals surface area contributed by atoms with Crippen molar-refractivity contribution in [1.29, 1.82) is 0 Å². The minimum absolute atomic E-state index is 0.0659. The summed E-state index contributed by atoms with van der Waals surface area (Å²) in [5.74, 6) is -0.849. The molecule has 0 rings (SSSR count). The van der Waals surface area contributed by atoms with E-state index in [9.17, 15) is 14.4 Å². The van der Waals surface area contributed by atoms with Gasteiger partial charge in [-0.1, -0.05) is 289 Å². The van der Waals surface area contributed by atoms with Crippen LogP contribution in [0.1, 0.15) is 335 Å². The number of carbonyl (C=O) groups excluding carboxylic acids is 3. The normalized spacial score (nSPS) is 12.1. The molecule has 0 aliphatic rings. The minimum Gasteiger partial charge on any atom is -0.462 e. The van der Waals surface area contributed by atoms with Crippen LogP contribution >= 0.6 is 0 Å². The Morgan fingerprint density at radius 2 is 0.529 bits per heavy atom. The maximum Gasteiger partial charge on any atom is 0.306 e. The standard InChI is InChI=1S/C62H116O6/c1-4-7-10-13-16-19-21-23-25-27-28-29-30-31-32-33-34-36-37-39-41-43-46-49-52-55-61(64)67-58-59(57-66-60(63)54-51-48-45-18-15-12-9-6-3)68-62(65)56-53-50-47-44-42-40-38-35-26-24-22-20-17-14-11-8-5-2/h21,23,27-28,59H,4-20,22,24-26,29-58H2,1-3H3/b23-21-,28-27-. The first-order valence-corrected chi connectivity index (χ1v) is 30.3. The molecule has 0 saturated heterocycles. The first kappa shape index (κ1) is 65.9. The zero-order valence-corrected chi connectivity index (χ0v) is 45.9. The molecular formula is C62H116O6. The van der Waals surface area contributed by atoms with Gasteiger partial charge in [0.05, 0.1) is 0 Å². The molecule has 0 heterocycles. The van der Waals surface area contributed by atoms with Crippen LogP contribution in [-0.2, 0) is 28.6 Å². The van der Waals surface area contributed by atoms with Gasteiger partial charge >= 0.3 is 17.9 Å². The lowest BCUT2D eigenvalue weighted by Gasteiger charge is -2.18. The van der Waals surface area contributed by atoms with Crippen molar-refractivity contribution < 1.29 is 28.6 Å². The molecule has 6 heteroatoms. The highest BCUT2D eigenvalue weighted by molar-refractivity contribution is 5.71. The van der Waals surface area contributed by atoms with Gasteiger partial charge in [0.2, 0.25) is 0 Å². The number of allylic oxidation sites excluding steroid dienone is 4. The molecule has 0 aliphatic heterocycles. The number of carbonyl (C=O) groups is 3. The summed E-state index contributed by atoms with van der Waals surface area (Å²) in [7, 11) is 0. The van der Waals surface area contributed by atoms with Gasteiger partial charge in [-0.2, -0.15) is 0 Å². The van der Waals surface area contributed by atoms with Crippen LogP contribution in [0.5, 0.6) is 0 Å². The molecule has 1 atom stereocenters. The van der Waals surface area contributed by atoms with Gasteiger partial charge in [-0.25, -0.2) is 0 Å². The average Bonchev–Trinajstić information content (AvgIpc) is 3.34. The summed E-state index contributed by atoms with van der Waals surface area (Å²) in [5, 5.41) is 0. The molecule has 68 heavy (non-hydrogen) atoms. The van der Waals surface area contributed by atoms with E-state index in [4.69, 9.17) is 14.2 Å². The van der Waals surface area contributed by atoms with Crippen molar-refractivity contribution in [2.45, 2.75) is 341 Å². The Labute approximate surface area is 423 Å². The van der Waals surface area contributed by atoms with Crippen LogP contribution < -0.4 is 0 Å². The highest BCUT2D eigenvalue weighted by Crippen LogP contribution is 2.17. The molecule has 0 bridgehead atoms. The first-order chi connectivity index (χ1) is 33.5. The van der Waals surface area contributed by atoms with Crippen LogP contribution in [0.15, 0.2) is 24.3 Å². The Bertz CT molecular complexity index is 1100. The summed E-state index contributed by atoms with van der Waals surface area (Å²) in [6, 6.07) is 0. The quantitative estimate of drug-likeness (QED) is 0.0262. The maximum atomic E-state index is 12.8. The number of unbranched alkanes of at least 4 members (excludes halogenated alkanes) is 41. The van der Waals surface area contributed by atoms with Gasteiger partial charge in [0, 0.05) is 19.3 Å². The van der Waals surface area contributed by atoms with E-state index in [0.717, 1.165) is 64.2 Å². The van der Waals surface area contributed by atoms with Crippen LogP contribution in [0.4, 0.5) is 0 Å². The van der Waals surface area contributed by atoms with Crippen molar-refractivity contribution >= 4 is 17.9 Å². The SMILES string of the molecule is CCCCCCC/C=C\C/C=C\CCCCCCCCCCCCCCCC(=O)OCC(COC(=O)CCCCCCCCCC)OC(=O)CCCCCCCCCCCCCCCCCCC. The van der Waals surface area contributed by atoms with Gasteiger partial charge in [-0.15, -0.1) is 0 Å². The number of esters is 3. The molecule has 0 saturated carbocycles. The average molecular weight is 958 g/mol. The topological polar surface area (TPSA) is 78.9 Å². The summed E-state index contributed by atoms with van der Waals surface area (Å²) in [6.45, 7) is 6.65. The predicted molar refractivity (Wildman–Crippen MR) is 293 cm³/mol. The van der Waals surface area contributed by atoms with Crippen LogP contribution in [0.2, 0.25) is 0 Å². The van der Waals surface area contributed by atoms with E-state index in [1.807, 2.05) is 0 Å². The Hall–Kier alpha value is -2.11. The molecule has 0 aromatic carbocycles. The summed E-state index contributed by atoms with van der Waals surface area (Å²) < 4.78 is 16.8. The molecule has 0 spiro atoms. The smallest absolute Gasteiger partial charge is 0.306 e. The second kappa shape index (κ2) is 57.5. The van der Waals surface area contributed by atoms with Crippen LogP contribution in [0.25, 0.3) is 0 Å². The van der Waals surface area contributed by atoms with E-state index in [0.29, 0.717) is 19.3 Å². The highest BCUT2D eigenvalue weighted by Gasteiger charge is 2.19. The van der Waals surface area contributed by atoms with Gasteiger partial charge in [0.15, 0.2) is 6.10 Å². The maximum absolute atomic E-state index is 12.8. The Morgan fingerprint density at radius 1 is 0.294 bits per heavy atom. The minimum atomic E-state index is -0.765. The molecule has 400 valence electrons. The van der Waals surface area contributed by atoms with Crippen LogP contribution in [0.3, 0.4) is 0 Å². The van der Waals surface area contributed by atoms with E-state index in [2.05, 4.69) is 45.1 Å². The van der Waals surface area contributed by atoms with Crippen molar-refractivity contribution in [2.24, 2.45) is 0 Å². The van der Waals surface area contributed by atoms with Crippen molar-refractivity contribution in [3.8, 4) is 0 Å². The van der Waals surface area contributed by atoms with Gasteiger partial charge in [-0.3, -0.25) is 14.4 Å². The van der Waals surface area contributed by atoms with E-state index in [-0.39, 0.29) is 31.1 Å². The monoisotopic (exact) mass is 957 g/mol. The number of ether oxygens (including phenoxy) is 3. The van der Waals surface area contributed by atoms with Gasteiger partial charge < -0.3 is 14.2 Å². The summed E-state index contributed by atoms with van der Waals surface area (Å²) in [4.78, 5) is 38.0. The van der Waals surface area contributed by atoms with Crippen molar-refractivity contribution in [2.75, 3.05) is 13.2 Å². The van der Waals surface area contributed by atoms with Crippen molar-refractivity contribution in [3.63, 3.8) is 0 Å². The van der Waals surface area contributed by atoms with E-state index >= 15 is 0 Å². The first-order valence-electron chi connectivity index (χ1n) is 30.3. The number of hydrogen-bond acceptors (Lipinski definition) is 6. The largest absolute Gasteiger partial charge is 0.462 e. The highest BCUT2D eigenvalue weighted by atomic mass is 16.6. The Morgan fingerprint density at radius 3 is 0.809 bits per heavy atom. The van der Waals surface area contributed by atoms with Gasteiger partial charge in [-0.05, 0) is 51.4 Å². The van der Waals surface area contributed by atoms with E-state index in [1.165, 1.54) is 231 Å². The molecule has 0 fully saturated rings. The van der Waals surface area contributed by atoms with Crippen molar-refractivity contribution in [1.82, 2.24) is 0 Å². The molecule has 0 N–H and O–H groups in total. The molecular weight excluding hydrogens is 841 g/mol.